The maximum atomic E-state index is 12.0. The number of hydrogen-bond donors (Lipinski definition) is 1. The molecular formula is C13H23N3O. The molecule has 1 aromatic rings. The Morgan fingerprint density at radius 1 is 1.53 bits per heavy atom. The number of hydrogen-bond acceptors (Lipinski definition) is 3. The highest BCUT2D eigenvalue weighted by molar-refractivity contribution is 5.94. The molecule has 1 atom stereocenters. The van der Waals surface area contributed by atoms with E-state index in [1.54, 1.807) is 16.9 Å². The molecule has 0 amide bonds. The molecule has 0 fully saturated rings. The summed E-state index contributed by atoms with van der Waals surface area (Å²) in [6.45, 7) is 9.08. The Balaban J connectivity index is 2.61. The third-order valence-corrected chi connectivity index (χ3v) is 2.62. The molecule has 17 heavy (non-hydrogen) atoms. The van der Waals surface area contributed by atoms with E-state index < -0.39 is 0 Å². The van der Waals surface area contributed by atoms with Gasteiger partial charge >= 0.3 is 0 Å². The second-order valence-electron chi connectivity index (χ2n) is 5.68. The van der Waals surface area contributed by atoms with Gasteiger partial charge in [-0.1, -0.05) is 20.8 Å². The van der Waals surface area contributed by atoms with Gasteiger partial charge in [0.2, 0.25) is 0 Å². The molecule has 0 spiro atoms. The largest absolute Gasteiger partial charge is 0.327 e. The smallest absolute Gasteiger partial charge is 0.182 e. The number of aromatic nitrogens is 2. The number of Topliss-reactive ketones (excluding diaryl/α,β-unsaturated/α-hetero) is 1. The van der Waals surface area contributed by atoms with Crippen LogP contribution in [0.2, 0.25) is 0 Å². The minimum absolute atomic E-state index is 0.0808. The van der Waals surface area contributed by atoms with Crippen molar-refractivity contribution < 1.29 is 4.79 Å². The Labute approximate surface area is 103 Å². The summed E-state index contributed by atoms with van der Waals surface area (Å²) in [4.78, 5) is 12.0. The van der Waals surface area contributed by atoms with Gasteiger partial charge in [0, 0.05) is 25.2 Å². The van der Waals surface area contributed by atoms with Gasteiger partial charge in [0.15, 0.2) is 5.78 Å². The van der Waals surface area contributed by atoms with Crippen LogP contribution in [0.1, 0.15) is 51.0 Å². The Kier molecular flexibility index (Phi) is 4.46. The molecule has 1 aromatic heterocycles. The molecule has 0 aromatic carbocycles. The number of nitrogens with zero attached hydrogens (tertiary/aromatic N) is 2. The molecule has 4 heteroatoms. The monoisotopic (exact) mass is 237 g/mol. The fraction of sp³-hybridized carbons (Fsp3) is 0.692. The average Bonchev–Trinajstić information content (AvgIpc) is 2.61. The lowest BCUT2D eigenvalue weighted by Gasteiger charge is -2.22. The van der Waals surface area contributed by atoms with Crippen LogP contribution in [0.15, 0.2) is 12.3 Å². The maximum Gasteiger partial charge on any atom is 0.182 e. The zero-order chi connectivity index (χ0) is 13.1. The van der Waals surface area contributed by atoms with E-state index in [1.807, 2.05) is 6.92 Å². The predicted molar refractivity (Wildman–Crippen MR) is 68.9 cm³/mol. The van der Waals surface area contributed by atoms with Crippen molar-refractivity contribution in [3.63, 3.8) is 0 Å². The van der Waals surface area contributed by atoms with Crippen LogP contribution in [0.4, 0.5) is 0 Å². The van der Waals surface area contributed by atoms with Crippen molar-refractivity contribution in [3.8, 4) is 0 Å². The van der Waals surface area contributed by atoms with E-state index in [-0.39, 0.29) is 17.2 Å². The van der Waals surface area contributed by atoms with Crippen LogP contribution in [0.5, 0.6) is 0 Å². The molecule has 96 valence electrons. The van der Waals surface area contributed by atoms with Crippen LogP contribution in [-0.2, 0) is 6.54 Å². The average molecular weight is 237 g/mol. The summed E-state index contributed by atoms with van der Waals surface area (Å²) >= 11 is 0. The summed E-state index contributed by atoms with van der Waals surface area (Å²) in [5, 5.41) is 4.09. The topological polar surface area (TPSA) is 60.9 Å². The minimum atomic E-state index is -0.0808. The molecule has 0 aliphatic heterocycles. The van der Waals surface area contributed by atoms with Crippen LogP contribution >= 0.6 is 0 Å². The van der Waals surface area contributed by atoms with Crippen molar-refractivity contribution in [3.05, 3.63) is 18.0 Å². The number of carbonyl (C=O) groups is 1. The normalized spacial score (nSPS) is 13.7. The lowest BCUT2D eigenvalue weighted by atomic mass is 9.86. The van der Waals surface area contributed by atoms with Crippen molar-refractivity contribution in [1.82, 2.24) is 9.78 Å². The predicted octanol–water partition coefficient (Wildman–Crippen LogP) is 2.24. The van der Waals surface area contributed by atoms with Gasteiger partial charge in [0.1, 0.15) is 5.69 Å². The number of nitrogens with two attached hydrogens (primary N) is 1. The van der Waals surface area contributed by atoms with Gasteiger partial charge in [-0.25, -0.2) is 0 Å². The van der Waals surface area contributed by atoms with Gasteiger partial charge in [-0.2, -0.15) is 5.10 Å². The van der Waals surface area contributed by atoms with Crippen LogP contribution in [0.25, 0.3) is 0 Å². The van der Waals surface area contributed by atoms with E-state index in [0.717, 1.165) is 6.42 Å². The van der Waals surface area contributed by atoms with Crippen molar-refractivity contribution in [2.45, 2.75) is 53.1 Å². The maximum absolute atomic E-state index is 12.0. The lowest BCUT2D eigenvalue weighted by Crippen LogP contribution is -2.29. The van der Waals surface area contributed by atoms with Gasteiger partial charge < -0.3 is 5.73 Å². The van der Waals surface area contributed by atoms with Gasteiger partial charge in [0.05, 0.1) is 0 Å². The minimum Gasteiger partial charge on any atom is -0.327 e. The summed E-state index contributed by atoms with van der Waals surface area (Å²) in [5.74, 6) is 0.0844. The first-order valence-corrected chi connectivity index (χ1v) is 6.14. The highest BCUT2D eigenvalue weighted by atomic mass is 16.1. The van der Waals surface area contributed by atoms with E-state index in [1.165, 1.54) is 0 Å². The SMILES string of the molecule is CCn1nccc1C(=O)CC(N)CC(C)(C)C. The molecule has 0 saturated carbocycles. The number of ketones is 1. The number of aryl methyl sites for hydroxylation is 1. The fourth-order valence-electron chi connectivity index (χ4n) is 2.02. The molecule has 2 N–H and O–H groups in total. The Bertz CT molecular complexity index is 376. The zero-order valence-electron chi connectivity index (χ0n) is 11.2. The molecular weight excluding hydrogens is 214 g/mol. The summed E-state index contributed by atoms with van der Waals surface area (Å²) in [7, 11) is 0. The van der Waals surface area contributed by atoms with E-state index in [4.69, 9.17) is 5.73 Å². The summed E-state index contributed by atoms with van der Waals surface area (Å²) in [6, 6.07) is 1.68. The molecule has 1 unspecified atom stereocenters. The van der Waals surface area contributed by atoms with Crippen molar-refractivity contribution >= 4 is 5.78 Å². The standard InChI is InChI=1S/C13H23N3O/c1-5-16-11(6-7-15-16)12(17)8-10(14)9-13(2,3)4/h6-7,10H,5,8-9,14H2,1-4H3. The van der Waals surface area contributed by atoms with E-state index in [0.29, 0.717) is 18.7 Å². The van der Waals surface area contributed by atoms with Gasteiger partial charge in [0.25, 0.3) is 0 Å². The number of rotatable bonds is 5. The number of carbonyl (C=O) groups excluding carboxylic acids is 1. The summed E-state index contributed by atoms with van der Waals surface area (Å²) in [5.41, 5.74) is 6.83. The molecule has 0 aliphatic rings. The van der Waals surface area contributed by atoms with Gasteiger partial charge in [-0.05, 0) is 24.8 Å². The Morgan fingerprint density at radius 3 is 2.71 bits per heavy atom. The first-order chi connectivity index (χ1) is 7.83. The first-order valence-electron chi connectivity index (χ1n) is 6.14. The van der Waals surface area contributed by atoms with E-state index in [9.17, 15) is 4.79 Å². The van der Waals surface area contributed by atoms with Crippen molar-refractivity contribution in [1.29, 1.82) is 0 Å². The molecule has 0 radical (unpaired) electrons. The van der Waals surface area contributed by atoms with Crippen LogP contribution in [0.3, 0.4) is 0 Å². The van der Waals surface area contributed by atoms with E-state index in [2.05, 4.69) is 25.9 Å². The highest BCUT2D eigenvalue weighted by Gasteiger charge is 2.20. The molecule has 1 rings (SSSR count). The Hall–Kier alpha value is -1.16. The van der Waals surface area contributed by atoms with Crippen molar-refractivity contribution in [2.75, 3.05) is 0 Å². The van der Waals surface area contributed by atoms with Crippen LogP contribution < -0.4 is 5.73 Å². The zero-order valence-corrected chi connectivity index (χ0v) is 11.2. The fourth-order valence-corrected chi connectivity index (χ4v) is 2.02. The second-order valence-corrected chi connectivity index (χ2v) is 5.68. The van der Waals surface area contributed by atoms with Crippen LogP contribution in [-0.4, -0.2) is 21.6 Å². The first kappa shape index (κ1) is 13.9. The molecule has 0 saturated heterocycles. The second kappa shape index (κ2) is 5.45. The quantitative estimate of drug-likeness (QED) is 0.799. The summed E-state index contributed by atoms with van der Waals surface area (Å²) < 4.78 is 1.71. The molecule has 0 bridgehead atoms. The summed E-state index contributed by atoms with van der Waals surface area (Å²) in [6.07, 6.45) is 2.90. The molecule has 0 aliphatic carbocycles. The van der Waals surface area contributed by atoms with Gasteiger partial charge in [-0.15, -0.1) is 0 Å². The molecule has 4 nitrogen and oxygen atoms in total. The van der Waals surface area contributed by atoms with Crippen molar-refractivity contribution in [2.24, 2.45) is 11.1 Å². The highest BCUT2D eigenvalue weighted by Crippen LogP contribution is 2.21. The van der Waals surface area contributed by atoms with E-state index >= 15 is 0 Å². The lowest BCUT2D eigenvalue weighted by molar-refractivity contribution is 0.0958. The Morgan fingerprint density at radius 2 is 2.18 bits per heavy atom. The van der Waals surface area contributed by atoms with Gasteiger partial charge in [-0.3, -0.25) is 9.48 Å². The third kappa shape index (κ3) is 4.30. The van der Waals surface area contributed by atoms with Crippen LogP contribution in [0, 0.1) is 5.41 Å². The third-order valence-electron chi connectivity index (χ3n) is 2.62. The molecule has 1 heterocycles.